The molecule has 0 aliphatic heterocycles. The number of thioether (sulfide) groups is 1. The SMILES string of the molecule is CSCC[C@H](NC(=O)[C@H](CC(C)C)NC(=O)CNC(=O)[C@H](Cc1ccccc1)NC(=O)[C@H](CCC(=O)OCc1ccccc1)NC(=O)[C@@H](N)CCCN)C(N)=O. The van der Waals surface area contributed by atoms with Crippen molar-refractivity contribution < 1.29 is 38.3 Å². The molecule has 0 aliphatic rings. The molecule has 0 fully saturated rings. The minimum absolute atomic E-state index is 0.0127. The Bertz CT molecular complexity index is 1570. The highest BCUT2D eigenvalue weighted by molar-refractivity contribution is 7.98. The quantitative estimate of drug-likeness (QED) is 0.0594. The molecular weight excluding hydrogens is 741 g/mol. The van der Waals surface area contributed by atoms with Crippen LogP contribution in [-0.2, 0) is 51.3 Å². The average molecular weight is 799 g/mol. The van der Waals surface area contributed by atoms with Crippen molar-refractivity contribution in [1.82, 2.24) is 26.6 Å². The Morgan fingerprint density at radius 2 is 1.30 bits per heavy atom. The van der Waals surface area contributed by atoms with Crippen molar-refractivity contribution in [3.8, 4) is 0 Å². The van der Waals surface area contributed by atoms with Crippen LogP contribution in [0.1, 0.15) is 63.5 Å². The number of primary amides is 1. The van der Waals surface area contributed by atoms with Crippen LogP contribution in [0.2, 0.25) is 0 Å². The molecule has 0 saturated heterocycles. The van der Waals surface area contributed by atoms with Crippen molar-refractivity contribution >= 4 is 53.2 Å². The molecule has 56 heavy (non-hydrogen) atoms. The second-order valence-corrected chi connectivity index (χ2v) is 14.7. The fourth-order valence-corrected chi connectivity index (χ4v) is 5.92. The number of benzene rings is 2. The molecule has 0 bridgehead atoms. The van der Waals surface area contributed by atoms with Crippen molar-refractivity contribution in [2.75, 3.05) is 25.1 Å². The van der Waals surface area contributed by atoms with E-state index in [-0.39, 0.29) is 44.6 Å². The lowest BCUT2D eigenvalue weighted by molar-refractivity contribution is -0.145. The van der Waals surface area contributed by atoms with Crippen LogP contribution in [0.25, 0.3) is 0 Å². The van der Waals surface area contributed by atoms with Crippen LogP contribution in [-0.4, -0.2) is 96.7 Å². The lowest BCUT2D eigenvalue weighted by Gasteiger charge is -2.25. The van der Waals surface area contributed by atoms with Gasteiger partial charge in [-0.15, -0.1) is 0 Å². The number of nitrogens with one attached hydrogen (secondary N) is 5. The third-order valence-electron chi connectivity index (χ3n) is 8.54. The van der Waals surface area contributed by atoms with Gasteiger partial charge in [-0.3, -0.25) is 33.6 Å². The van der Waals surface area contributed by atoms with E-state index in [0.717, 1.165) is 5.56 Å². The molecule has 0 heterocycles. The third kappa shape index (κ3) is 18.6. The second-order valence-electron chi connectivity index (χ2n) is 13.7. The van der Waals surface area contributed by atoms with E-state index in [9.17, 15) is 33.6 Å². The van der Waals surface area contributed by atoms with Gasteiger partial charge in [0.2, 0.25) is 35.4 Å². The van der Waals surface area contributed by atoms with Crippen molar-refractivity contribution in [2.24, 2.45) is 23.1 Å². The molecule has 6 amide bonds. The summed E-state index contributed by atoms with van der Waals surface area (Å²) in [4.78, 5) is 91.3. The van der Waals surface area contributed by atoms with Gasteiger partial charge in [0.05, 0.1) is 12.6 Å². The number of amides is 6. The number of carbonyl (C=O) groups is 7. The maximum atomic E-state index is 13.8. The Kier molecular flexibility index (Phi) is 21.9. The topological polar surface area (TPSA) is 267 Å². The smallest absolute Gasteiger partial charge is 0.306 e. The van der Waals surface area contributed by atoms with Crippen molar-refractivity contribution in [3.05, 3.63) is 71.8 Å². The molecule has 11 N–H and O–H groups in total. The molecule has 2 aromatic carbocycles. The van der Waals surface area contributed by atoms with E-state index in [4.69, 9.17) is 21.9 Å². The Labute approximate surface area is 332 Å². The van der Waals surface area contributed by atoms with Crippen molar-refractivity contribution in [3.63, 3.8) is 0 Å². The van der Waals surface area contributed by atoms with E-state index in [2.05, 4.69) is 26.6 Å². The molecule has 0 radical (unpaired) electrons. The van der Waals surface area contributed by atoms with Gasteiger partial charge < -0.3 is 48.5 Å². The fourth-order valence-electron chi connectivity index (χ4n) is 5.45. The van der Waals surface area contributed by atoms with Crippen molar-refractivity contribution in [1.29, 1.82) is 0 Å². The van der Waals surface area contributed by atoms with E-state index in [0.29, 0.717) is 30.7 Å². The minimum atomic E-state index is -1.28. The third-order valence-corrected chi connectivity index (χ3v) is 9.18. The minimum Gasteiger partial charge on any atom is -0.461 e. The Balaban J connectivity index is 2.20. The van der Waals surface area contributed by atoms with Crippen LogP contribution in [0.5, 0.6) is 0 Å². The first-order valence-corrected chi connectivity index (χ1v) is 20.1. The summed E-state index contributed by atoms with van der Waals surface area (Å²) in [6.07, 6.45) is 2.77. The summed E-state index contributed by atoms with van der Waals surface area (Å²) in [7, 11) is 0. The number of nitrogens with two attached hydrogens (primary N) is 3. The normalized spacial score (nSPS) is 13.6. The number of hydrogen-bond acceptors (Lipinski definition) is 11. The maximum Gasteiger partial charge on any atom is 0.306 e. The highest BCUT2D eigenvalue weighted by atomic mass is 32.2. The highest BCUT2D eigenvalue weighted by Crippen LogP contribution is 2.10. The molecule has 0 aromatic heterocycles. The number of hydrogen-bond donors (Lipinski definition) is 8. The predicted octanol–water partition coefficient (Wildman–Crippen LogP) is 0.159. The Morgan fingerprint density at radius 3 is 1.89 bits per heavy atom. The summed E-state index contributed by atoms with van der Waals surface area (Å²) in [6, 6.07) is 12.4. The first-order valence-electron chi connectivity index (χ1n) is 18.7. The van der Waals surface area contributed by atoms with Crippen molar-refractivity contribution in [2.45, 2.75) is 95.6 Å². The molecule has 0 spiro atoms. The molecular formula is C39H58N8O8S. The van der Waals surface area contributed by atoms with Gasteiger partial charge in [0.25, 0.3) is 0 Å². The van der Waals surface area contributed by atoms with Gasteiger partial charge in [0, 0.05) is 12.8 Å². The molecule has 0 unspecified atom stereocenters. The van der Waals surface area contributed by atoms with Gasteiger partial charge >= 0.3 is 5.97 Å². The van der Waals surface area contributed by atoms with Gasteiger partial charge in [-0.25, -0.2) is 0 Å². The van der Waals surface area contributed by atoms with Gasteiger partial charge in [0.1, 0.15) is 30.8 Å². The van der Waals surface area contributed by atoms with Crippen LogP contribution in [0, 0.1) is 5.92 Å². The summed E-state index contributed by atoms with van der Waals surface area (Å²) >= 11 is 1.49. The number of rotatable bonds is 26. The van der Waals surface area contributed by atoms with E-state index >= 15 is 0 Å². The first-order chi connectivity index (χ1) is 26.7. The summed E-state index contributed by atoms with van der Waals surface area (Å²) in [5.74, 6) is -4.13. The van der Waals surface area contributed by atoms with Crippen LogP contribution < -0.4 is 43.8 Å². The zero-order valence-corrected chi connectivity index (χ0v) is 33.2. The largest absolute Gasteiger partial charge is 0.461 e. The second kappa shape index (κ2) is 26.0. The zero-order chi connectivity index (χ0) is 41.5. The molecule has 2 aromatic rings. The van der Waals surface area contributed by atoms with Gasteiger partial charge in [-0.2, -0.15) is 11.8 Å². The molecule has 308 valence electrons. The highest BCUT2D eigenvalue weighted by Gasteiger charge is 2.30. The standard InChI is InChI=1S/C39H58N8O8S/c1-25(2)21-31(39(54)45-29(35(42)50)18-20-56-3)44-33(48)23-43-37(52)32(22-26-11-6-4-7-12-26)47-38(53)30(46-36(51)28(41)15-10-19-40)16-17-34(49)55-24-27-13-8-5-9-14-27/h4-9,11-14,25,28-32H,10,15-24,40-41H2,1-3H3,(H2,42,50)(H,43,52)(H,44,48)(H,45,54)(H,46,51)(H,47,53)/t28-,29-,30-,31-,32-/m0/s1. The molecule has 0 aliphatic carbocycles. The summed E-state index contributed by atoms with van der Waals surface area (Å²) in [5.41, 5.74) is 18.5. The van der Waals surface area contributed by atoms with E-state index in [1.54, 1.807) is 54.6 Å². The van der Waals surface area contributed by atoms with Crippen LogP contribution in [0.3, 0.4) is 0 Å². The van der Waals surface area contributed by atoms with Gasteiger partial charge in [-0.05, 0) is 67.7 Å². The average Bonchev–Trinajstić information content (AvgIpc) is 3.17. The maximum absolute atomic E-state index is 13.8. The van der Waals surface area contributed by atoms with Crippen LogP contribution in [0.15, 0.2) is 60.7 Å². The van der Waals surface area contributed by atoms with E-state index in [1.807, 2.05) is 26.2 Å². The molecule has 2 rings (SSSR count). The summed E-state index contributed by atoms with van der Waals surface area (Å²) < 4.78 is 5.35. The lowest BCUT2D eigenvalue weighted by Crippen LogP contribution is -2.57. The van der Waals surface area contributed by atoms with Crippen LogP contribution in [0.4, 0.5) is 0 Å². The predicted molar refractivity (Wildman–Crippen MR) is 214 cm³/mol. The molecule has 17 heteroatoms. The molecule has 5 atom stereocenters. The summed E-state index contributed by atoms with van der Waals surface area (Å²) in [6.45, 7) is 3.51. The Hall–Kier alpha value is -5.00. The van der Waals surface area contributed by atoms with E-state index < -0.39 is 78.2 Å². The fraction of sp³-hybridized carbons (Fsp3) is 0.513. The first kappa shape index (κ1) is 47.2. The Morgan fingerprint density at radius 1 is 0.714 bits per heavy atom. The lowest BCUT2D eigenvalue weighted by atomic mass is 10.0. The molecule has 16 nitrogen and oxygen atoms in total. The van der Waals surface area contributed by atoms with Gasteiger partial charge in [-0.1, -0.05) is 74.5 Å². The van der Waals surface area contributed by atoms with Gasteiger partial charge in [0.15, 0.2) is 0 Å². The zero-order valence-electron chi connectivity index (χ0n) is 32.4. The summed E-state index contributed by atoms with van der Waals surface area (Å²) in [5, 5.41) is 13.0. The van der Waals surface area contributed by atoms with Crippen LogP contribution >= 0.6 is 11.8 Å². The molecule has 0 saturated carbocycles. The number of ether oxygens (including phenoxy) is 1. The monoisotopic (exact) mass is 798 g/mol. The number of carbonyl (C=O) groups excluding carboxylic acids is 7. The number of esters is 1. The van der Waals surface area contributed by atoms with E-state index in [1.165, 1.54) is 11.8 Å².